The number of carboxylic acid groups (broad SMARTS) is 1. The second-order valence-electron chi connectivity index (χ2n) is 4.21. The minimum absolute atomic E-state index is 0.00213. The third kappa shape index (κ3) is 4.16. The Balaban J connectivity index is 2.96. The number of hydrogen-bond donors (Lipinski definition) is 1. The molecule has 1 N–H and O–H groups in total. The van der Waals surface area contributed by atoms with Gasteiger partial charge in [0.05, 0.1) is 6.54 Å². The van der Waals surface area contributed by atoms with E-state index in [4.69, 9.17) is 28.3 Å². The molecular formula is C13H17Cl2NO2. The molecule has 1 unspecified atom stereocenters. The van der Waals surface area contributed by atoms with Crippen LogP contribution in [0.1, 0.15) is 31.9 Å². The van der Waals surface area contributed by atoms with E-state index in [9.17, 15) is 4.79 Å². The molecule has 0 radical (unpaired) electrons. The lowest BCUT2D eigenvalue weighted by Crippen LogP contribution is -2.33. The van der Waals surface area contributed by atoms with Crippen LogP contribution in [0.25, 0.3) is 0 Å². The minimum atomic E-state index is -0.839. The monoisotopic (exact) mass is 289 g/mol. The molecule has 0 aliphatic heterocycles. The number of hydrogen-bond acceptors (Lipinski definition) is 2. The maximum Gasteiger partial charge on any atom is 0.317 e. The van der Waals surface area contributed by atoms with Crippen molar-refractivity contribution in [1.29, 1.82) is 0 Å². The third-order valence-electron chi connectivity index (χ3n) is 2.81. The molecule has 0 saturated carbocycles. The number of carbonyl (C=O) groups is 1. The Kier molecular flexibility index (Phi) is 5.93. The molecule has 18 heavy (non-hydrogen) atoms. The van der Waals surface area contributed by atoms with Gasteiger partial charge in [-0.25, -0.2) is 0 Å². The van der Waals surface area contributed by atoms with Gasteiger partial charge in [-0.2, -0.15) is 0 Å². The van der Waals surface area contributed by atoms with Gasteiger partial charge in [0.25, 0.3) is 0 Å². The van der Waals surface area contributed by atoms with Gasteiger partial charge in [0.1, 0.15) is 0 Å². The summed E-state index contributed by atoms with van der Waals surface area (Å²) in [6, 6.07) is 5.17. The second kappa shape index (κ2) is 6.98. The Labute approximate surface area is 117 Å². The Bertz CT molecular complexity index is 423. The number of benzene rings is 1. The van der Waals surface area contributed by atoms with Gasteiger partial charge in [-0.05, 0) is 43.7 Å². The van der Waals surface area contributed by atoms with Gasteiger partial charge in [-0.15, -0.1) is 0 Å². The maximum atomic E-state index is 10.9. The van der Waals surface area contributed by atoms with Crippen LogP contribution in [0.15, 0.2) is 18.2 Å². The van der Waals surface area contributed by atoms with E-state index in [1.807, 2.05) is 18.7 Å². The highest BCUT2D eigenvalue weighted by Crippen LogP contribution is 2.29. The van der Waals surface area contributed by atoms with Crippen molar-refractivity contribution >= 4 is 29.2 Å². The van der Waals surface area contributed by atoms with Crippen LogP contribution in [-0.2, 0) is 4.79 Å². The Morgan fingerprint density at radius 2 is 2.11 bits per heavy atom. The standard InChI is InChI=1S/C13H17Cl2NO2/c1-3-6-16(8-13(17)18)9(2)11-7-10(14)4-5-12(11)15/h4-5,7,9H,3,6,8H2,1-2H3,(H,17,18). The van der Waals surface area contributed by atoms with E-state index in [-0.39, 0.29) is 12.6 Å². The Hall–Kier alpha value is -0.770. The van der Waals surface area contributed by atoms with Crippen molar-refractivity contribution in [3.8, 4) is 0 Å². The van der Waals surface area contributed by atoms with Gasteiger partial charge in [0.15, 0.2) is 0 Å². The SMILES string of the molecule is CCCN(CC(=O)O)C(C)c1cc(Cl)ccc1Cl. The number of nitrogens with zero attached hydrogens (tertiary/aromatic N) is 1. The summed E-state index contributed by atoms with van der Waals surface area (Å²) in [6.07, 6.45) is 0.885. The molecule has 5 heteroatoms. The summed E-state index contributed by atoms with van der Waals surface area (Å²) in [5.74, 6) is -0.839. The van der Waals surface area contributed by atoms with Crippen molar-refractivity contribution in [1.82, 2.24) is 4.90 Å². The van der Waals surface area contributed by atoms with Crippen LogP contribution in [0.2, 0.25) is 10.0 Å². The zero-order valence-electron chi connectivity index (χ0n) is 10.5. The fourth-order valence-corrected chi connectivity index (χ4v) is 2.36. The van der Waals surface area contributed by atoms with Crippen molar-refractivity contribution in [2.45, 2.75) is 26.3 Å². The number of aliphatic carboxylic acids is 1. The molecule has 0 amide bonds. The highest BCUT2D eigenvalue weighted by atomic mass is 35.5. The van der Waals surface area contributed by atoms with Gasteiger partial charge in [0.2, 0.25) is 0 Å². The quantitative estimate of drug-likeness (QED) is 0.865. The molecule has 0 spiro atoms. The van der Waals surface area contributed by atoms with Crippen LogP contribution in [0, 0.1) is 0 Å². The van der Waals surface area contributed by atoms with Gasteiger partial charge >= 0.3 is 5.97 Å². The lowest BCUT2D eigenvalue weighted by Gasteiger charge is -2.28. The van der Waals surface area contributed by atoms with Gasteiger partial charge in [-0.1, -0.05) is 30.1 Å². The fourth-order valence-electron chi connectivity index (χ4n) is 1.90. The lowest BCUT2D eigenvalue weighted by atomic mass is 10.1. The average Bonchev–Trinajstić information content (AvgIpc) is 2.30. The van der Waals surface area contributed by atoms with E-state index >= 15 is 0 Å². The predicted molar refractivity (Wildman–Crippen MR) is 74.4 cm³/mol. The van der Waals surface area contributed by atoms with E-state index in [1.54, 1.807) is 18.2 Å². The molecule has 100 valence electrons. The van der Waals surface area contributed by atoms with Crippen LogP contribution in [0.5, 0.6) is 0 Å². The minimum Gasteiger partial charge on any atom is -0.480 e. The van der Waals surface area contributed by atoms with E-state index in [0.717, 1.165) is 12.0 Å². The molecule has 0 aromatic heterocycles. The third-order valence-corrected chi connectivity index (χ3v) is 3.38. The summed E-state index contributed by atoms with van der Waals surface area (Å²) < 4.78 is 0. The first-order valence-electron chi connectivity index (χ1n) is 5.86. The fraction of sp³-hybridized carbons (Fsp3) is 0.462. The highest BCUT2D eigenvalue weighted by molar-refractivity contribution is 6.33. The topological polar surface area (TPSA) is 40.5 Å². The van der Waals surface area contributed by atoms with Crippen molar-refractivity contribution < 1.29 is 9.90 Å². The zero-order valence-corrected chi connectivity index (χ0v) is 12.0. The number of carboxylic acids is 1. The van der Waals surface area contributed by atoms with E-state index < -0.39 is 5.97 Å². The maximum absolute atomic E-state index is 10.9. The van der Waals surface area contributed by atoms with Crippen molar-refractivity contribution in [3.63, 3.8) is 0 Å². The molecule has 0 saturated heterocycles. The zero-order chi connectivity index (χ0) is 13.7. The summed E-state index contributed by atoms with van der Waals surface area (Å²) in [4.78, 5) is 12.7. The number of rotatable bonds is 6. The molecule has 3 nitrogen and oxygen atoms in total. The summed E-state index contributed by atoms with van der Waals surface area (Å²) in [7, 11) is 0. The summed E-state index contributed by atoms with van der Waals surface area (Å²) >= 11 is 12.1. The second-order valence-corrected chi connectivity index (χ2v) is 5.05. The molecule has 0 bridgehead atoms. The molecule has 1 rings (SSSR count). The first-order valence-corrected chi connectivity index (χ1v) is 6.62. The van der Waals surface area contributed by atoms with E-state index in [0.29, 0.717) is 16.6 Å². The smallest absolute Gasteiger partial charge is 0.317 e. The van der Waals surface area contributed by atoms with E-state index in [2.05, 4.69) is 0 Å². The summed E-state index contributed by atoms with van der Waals surface area (Å²) in [6.45, 7) is 4.66. The normalized spacial score (nSPS) is 12.7. The highest BCUT2D eigenvalue weighted by Gasteiger charge is 2.20. The molecule has 1 aromatic rings. The van der Waals surface area contributed by atoms with Crippen LogP contribution >= 0.6 is 23.2 Å². The van der Waals surface area contributed by atoms with Gasteiger partial charge in [0, 0.05) is 16.1 Å². The molecule has 0 aliphatic rings. The predicted octanol–water partition coefficient (Wildman–Crippen LogP) is 3.85. The van der Waals surface area contributed by atoms with Crippen molar-refractivity contribution in [2.75, 3.05) is 13.1 Å². The molecule has 1 atom stereocenters. The first-order chi connectivity index (χ1) is 8.45. The number of halogens is 2. The van der Waals surface area contributed by atoms with Crippen LogP contribution in [0.4, 0.5) is 0 Å². The molecule has 0 fully saturated rings. The van der Waals surface area contributed by atoms with Crippen molar-refractivity contribution in [3.05, 3.63) is 33.8 Å². The van der Waals surface area contributed by atoms with Crippen LogP contribution in [-0.4, -0.2) is 29.1 Å². The molecule has 0 aliphatic carbocycles. The summed E-state index contributed by atoms with van der Waals surface area (Å²) in [5.41, 5.74) is 0.860. The van der Waals surface area contributed by atoms with E-state index in [1.165, 1.54) is 0 Å². The lowest BCUT2D eigenvalue weighted by molar-refractivity contribution is -0.138. The first kappa shape index (κ1) is 15.3. The Morgan fingerprint density at radius 3 is 2.67 bits per heavy atom. The largest absolute Gasteiger partial charge is 0.480 e. The molecule has 0 heterocycles. The Morgan fingerprint density at radius 1 is 1.44 bits per heavy atom. The average molecular weight is 290 g/mol. The molecular weight excluding hydrogens is 273 g/mol. The van der Waals surface area contributed by atoms with Gasteiger partial charge in [-0.3, -0.25) is 9.69 Å². The molecule has 1 aromatic carbocycles. The van der Waals surface area contributed by atoms with Crippen LogP contribution in [0.3, 0.4) is 0 Å². The summed E-state index contributed by atoms with van der Waals surface area (Å²) in [5, 5.41) is 10.1. The van der Waals surface area contributed by atoms with Gasteiger partial charge < -0.3 is 5.11 Å². The van der Waals surface area contributed by atoms with Crippen molar-refractivity contribution in [2.24, 2.45) is 0 Å². The van der Waals surface area contributed by atoms with Crippen LogP contribution < -0.4 is 0 Å².